The van der Waals surface area contributed by atoms with Gasteiger partial charge in [-0.25, -0.2) is 0 Å². The first kappa shape index (κ1) is 8.50. The van der Waals surface area contributed by atoms with Crippen LogP contribution in [0.2, 0.25) is 0 Å². The summed E-state index contributed by atoms with van der Waals surface area (Å²) in [7, 11) is 0. The van der Waals surface area contributed by atoms with Crippen molar-refractivity contribution in [2.45, 2.75) is 18.8 Å². The van der Waals surface area contributed by atoms with Crippen LogP contribution in [-0.4, -0.2) is 18.1 Å². The Balaban J connectivity index is 1.99. The lowest BCUT2D eigenvalue weighted by Crippen LogP contribution is -2.26. The second-order valence-corrected chi connectivity index (χ2v) is 4.85. The van der Waals surface area contributed by atoms with Crippen LogP contribution in [0.25, 0.3) is 10.2 Å². The van der Waals surface area contributed by atoms with Gasteiger partial charge >= 0.3 is 0 Å². The highest BCUT2D eigenvalue weighted by molar-refractivity contribution is 7.16. The molecular weight excluding hydrogens is 192 g/mol. The number of rotatable bonds is 1. The molecule has 3 heteroatoms. The van der Waals surface area contributed by atoms with Crippen molar-refractivity contribution in [1.82, 2.24) is 10.3 Å². The van der Waals surface area contributed by atoms with Crippen molar-refractivity contribution < 1.29 is 0 Å². The van der Waals surface area contributed by atoms with Gasteiger partial charge in [-0.15, -0.1) is 11.3 Å². The van der Waals surface area contributed by atoms with Gasteiger partial charge in [-0.1, -0.05) is 0 Å². The number of nitrogens with one attached hydrogen (secondary N) is 2. The van der Waals surface area contributed by atoms with E-state index in [2.05, 4.69) is 27.9 Å². The lowest BCUT2D eigenvalue weighted by molar-refractivity contribution is 0.462. The fraction of sp³-hybridized carbons (Fsp3) is 0.455. The van der Waals surface area contributed by atoms with Crippen LogP contribution in [0.5, 0.6) is 0 Å². The largest absolute Gasteiger partial charge is 0.353 e. The third kappa shape index (κ3) is 1.28. The number of aromatic amines is 1. The summed E-state index contributed by atoms with van der Waals surface area (Å²) in [6.07, 6.45) is 4.77. The van der Waals surface area contributed by atoms with Crippen LogP contribution < -0.4 is 5.32 Å². The van der Waals surface area contributed by atoms with Crippen LogP contribution >= 0.6 is 11.3 Å². The second-order valence-electron chi connectivity index (χ2n) is 3.93. The topological polar surface area (TPSA) is 27.8 Å². The highest BCUT2D eigenvalue weighted by Crippen LogP contribution is 2.33. The number of fused-ring (bicyclic) bond motifs is 1. The lowest BCUT2D eigenvalue weighted by Gasteiger charge is -2.21. The molecule has 0 spiro atoms. The van der Waals surface area contributed by atoms with E-state index in [1.54, 1.807) is 11.3 Å². The van der Waals surface area contributed by atoms with Gasteiger partial charge < -0.3 is 10.3 Å². The standard InChI is InChI=1S/C11H14N2S/c1-4-12-5-2-8(1)10-7-13-11-9(10)3-6-14-11/h3,6-8,12-13H,1-2,4-5H2. The summed E-state index contributed by atoms with van der Waals surface area (Å²) in [5, 5.41) is 7.03. The number of piperidine rings is 1. The summed E-state index contributed by atoms with van der Waals surface area (Å²) in [6, 6.07) is 2.24. The lowest BCUT2D eigenvalue weighted by atomic mass is 9.91. The molecule has 0 bridgehead atoms. The fourth-order valence-electron chi connectivity index (χ4n) is 2.34. The van der Waals surface area contributed by atoms with Crippen LogP contribution in [-0.2, 0) is 0 Å². The number of thiophene rings is 1. The molecule has 3 rings (SSSR count). The van der Waals surface area contributed by atoms with Crippen molar-refractivity contribution >= 4 is 21.6 Å². The van der Waals surface area contributed by atoms with E-state index in [0.29, 0.717) is 0 Å². The van der Waals surface area contributed by atoms with Gasteiger partial charge in [0.2, 0.25) is 0 Å². The highest BCUT2D eigenvalue weighted by Gasteiger charge is 2.18. The maximum atomic E-state index is 3.41. The van der Waals surface area contributed by atoms with E-state index in [4.69, 9.17) is 0 Å². The Kier molecular flexibility index (Phi) is 2.07. The summed E-state index contributed by atoms with van der Waals surface area (Å²) < 4.78 is 0. The van der Waals surface area contributed by atoms with Crippen LogP contribution in [0.15, 0.2) is 17.6 Å². The highest BCUT2D eigenvalue weighted by atomic mass is 32.1. The van der Waals surface area contributed by atoms with E-state index in [1.807, 2.05) is 0 Å². The molecular formula is C11H14N2S. The van der Waals surface area contributed by atoms with Crippen molar-refractivity contribution in [3.8, 4) is 0 Å². The van der Waals surface area contributed by atoms with Gasteiger partial charge in [0.25, 0.3) is 0 Å². The van der Waals surface area contributed by atoms with Gasteiger partial charge in [-0.2, -0.15) is 0 Å². The number of aromatic nitrogens is 1. The van der Waals surface area contributed by atoms with Crippen molar-refractivity contribution in [2.75, 3.05) is 13.1 Å². The van der Waals surface area contributed by atoms with Crippen LogP contribution in [0.1, 0.15) is 24.3 Å². The Hall–Kier alpha value is -0.800. The Morgan fingerprint density at radius 2 is 2.14 bits per heavy atom. The van der Waals surface area contributed by atoms with Gasteiger partial charge in [-0.05, 0) is 48.9 Å². The predicted octanol–water partition coefficient (Wildman–Crippen LogP) is 2.70. The van der Waals surface area contributed by atoms with Crippen molar-refractivity contribution in [3.05, 3.63) is 23.2 Å². The molecule has 2 aromatic rings. The van der Waals surface area contributed by atoms with Gasteiger partial charge in [0, 0.05) is 11.6 Å². The molecule has 2 nitrogen and oxygen atoms in total. The van der Waals surface area contributed by atoms with Gasteiger partial charge in [-0.3, -0.25) is 0 Å². The Bertz CT molecular complexity index is 423. The summed E-state index contributed by atoms with van der Waals surface area (Å²) in [5.74, 6) is 0.764. The summed E-state index contributed by atoms with van der Waals surface area (Å²) in [6.45, 7) is 2.34. The molecule has 0 unspecified atom stereocenters. The molecule has 1 saturated heterocycles. The molecule has 1 fully saturated rings. The molecule has 0 saturated carbocycles. The first-order chi connectivity index (χ1) is 6.95. The average molecular weight is 206 g/mol. The smallest absolute Gasteiger partial charge is 0.0999 e. The van der Waals surface area contributed by atoms with Crippen LogP contribution in [0, 0.1) is 0 Å². The molecule has 2 N–H and O–H groups in total. The van der Waals surface area contributed by atoms with E-state index in [0.717, 1.165) is 5.92 Å². The van der Waals surface area contributed by atoms with E-state index < -0.39 is 0 Å². The molecule has 1 aliphatic heterocycles. The molecule has 0 aromatic carbocycles. The number of hydrogen-bond donors (Lipinski definition) is 2. The molecule has 2 aromatic heterocycles. The fourth-order valence-corrected chi connectivity index (χ4v) is 3.12. The molecule has 0 radical (unpaired) electrons. The zero-order valence-corrected chi connectivity index (χ0v) is 8.86. The third-order valence-electron chi connectivity index (χ3n) is 3.11. The first-order valence-corrected chi connectivity index (χ1v) is 6.08. The van der Waals surface area contributed by atoms with Gasteiger partial charge in [0.1, 0.15) is 0 Å². The monoisotopic (exact) mass is 206 g/mol. The zero-order chi connectivity index (χ0) is 9.38. The molecule has 74 valence electrons. The summed E-state index contributed by atoms with van der Waals surface area (Å²) >= 11 is 1.80. The van der Waals surface area contributed by atoms with Gasteiger partial charge in [0.05, 0.1) is 4.83 Å². The SMILES string of the molecule is c1cc2c(C3CCNCC3)c[nH]c2s1. The first-order valence-electron chi connectivity index (χ1n) is 5.20. The summed E-state index contributed by atoms with van der Waals surface area (Å²) in [4.78, 5) is 4.70. The van der Waals surface area contributed by atoms with Crippen molar-refractivity contribution in [1.29, 1.82) is 0 Å². The summed E-state index contributed by atoms with van der Waals surface area (Å²) in [5.41, 5.74) is 1.53. The molecule has 3 heterocycles. The molecule has 1 aliphatic rings. The van der Waals surface area contributed by atoms with E-state index in [9.17, 15) is 0 Å². The van der Waals surface area contributed by atoms with Crippen molar-refractivity contribution in [2.24, 2.45) is 0 Å². The Morgan fingerprint density at radius 1 is 1.29 bits per heavy atom. The molecule has 14 heavy (non-hydrogen) atoms. The van der Waals surface area contributed by atoms with Crippen LogP contribution in [0.3, 0.4) is 0 Å². The minimum Gasteiger partial charge on any atom is -0.353 e. The Morgan fingerprint density at radius 3 is 3.00 bits per heavy atom. The minimum atomic E-state index is 0.764. The molecule has 0 atom stereocenters. The van der Waals surface area contributed by atoms with E-state index >= 15 is 0 Å². The van der Waals surface area contributed by atoms with Gasteiger partial charge in [0.15, 0.2) is 0 Å². The molecule has 0 amide bonds. The van der Waals surface area contributed by atoms with E-state index in [1.165, 1.54) is 41.7 Å². The van der Waals surface area contributed by atoms with Crippen molar-refractivity contribution in [3.63, 3.8) is 0 Å². The third-order valence-corrected chi connectivity index (χ3v) is 3.96. The minimum absolute atomic E-state index is 0.764. The number of hydrogen-bond acceptors (Lipinski definition) is 2. The maximum Gasteiger partial charge on any atom is 0.0999 e. The Labute approximate surface area is 87.3 Å². The second kappa shape index (κ2) is 3.41. The van der Waals surface area contributed by atoms with E-state index in [-0.39, 0.29) is 0 Å². The average Bonchev–Trinajstić information content (AvgIpc) is 2.79. The molecule has 0 aliphatic carbocycles. The maximum absolute atomic E-state index is 3.41. The number of H-pyrrole nitrogens is 1. The quantitative estimate of drug-likeness (QED) is 0.737. The predicted molar refractivity (Wildman–Crippen MR) is 61.0 cm³/mol. The van der Waals surface area contributed by atoms with Crippen LogP contribution in [0.4, 0.5) is 0 Å². The normalized spacial score (nSPS) is 19.1. The zero-order valence-electron chi connectivity index (χ0n) is 8.05.